The molecule has 0 fully saturated rings. The molecule has 0 aliphatic heterocycles. The number of carbonyl (C=O) groups is 1. The zero-order chi connectivity index (χ0) is 10.8. The summed E-state index contributed by atoms with van der Waals surface area (Å²) in [6.45, 7) is 1.53. The molecule has 0 saturated heterocycles. The highest BCUT2D eigenvalue weighted by molar-refractivity contribution is 8.23. The first-order valence-corrected chi connectivity index (χ1v) is 6.17. The van der Waals surface area contributed by atoms with Gasteiger partial charge in [-0.2, -0.15) is 10.6 Å². The van der Waals surface area contributed by atoms with Gasteiger partial charge in [-0.15, -0.1) is 0 Å². The average Bonchev–Trinajstić information content (AvgIpc) is 2.02. The van der Waals surface area contributed by atoms with Crippen LogP contribution in [0.15, 0.2) is 29.2 Å². The van der Waals surface area contributed by atoms with Crippen molar-refractivity contribution in [2.24, 2.45) is 0 Å². The van der Waals surface area contributed by atoms with Gasteiger partial charge in [0.25, 0.3) is 0 Å². The van der Waals surface area contributed by atoms with Crippen molar-refractivity contribution in [3.05, 3.63) is 29.8 Å². The number of rotatable bonds is 3. The van der Waals surface area contributed by atoms with Crippen LogP contribution in [-0.2, 0) is 11.2 Å². The van der Waals surface area contributed by atoms with Crippen molar-refractivity contribution < 1.29 is 13.9 Å². The van der Waals surface area contributed by atoms with Gasteiger partial charge in [-0.1, -0.05) is 12.1 Å². The number of ketones is 1. The predicted octanol–water partition coefficient (Wildman–Crippen LogP) is 2.56. The van der Waals surface area contributed by atoms with Gasteiger partial charge >= 0.3 is 0 Å². The molecule has 1 rings (SSSR count). The summed E-state index contributed by atoms with van der Waals surface area (Å²) in [5, 5.41) is 0. The Balaban J connectivity index is 2.84. The van der Waals surface area contributed by atoms with E-state index in [4.69, 9.17) is 0 Å². The van der Waals surface area contributed by atoms with Crippen LogP contribution in [0.25, 0.3) is 0 Å². The molecule has 0 unspecified atom stereocenters. The fourth-order valence-electron chi connectivity index (χ4n) is 1.15. The molecule has 0 spiro atoms. The van der Waals surface area contributed by atoms with Crippen molar-refractivity contribution in [1.82, 2.24) is 0 Å². The molecule has 0 atom stereocenters. The van der Waals surface area contributed by atoms with Gasteiger partial charge in [-0.25, -0.2) is 0 Å². The molecular weight excluding hydrogens is 200 g/mol. The van der Waals surface area contributed by atoms with Crippen LogP contribution in [0.1, 0.15) is 12.5 Å². The van der Waals surface area contributed by atoms with E-state index >= 15 is 0 Å². The zero-order valence-corrected chi connectivity index (χ0v) is 9.04. The maximum absolute atomic E-state index is 10.8. The summed E-state index contributed by atoms with van der Waals surface area (Å²) in [6, 6.07) is 6.78. The van der Waals surface area contributed by atoms with E-state index in [0.29, 0.717) is 11.3 Å². The van der Waals surface area contributed by atoms with E-state index in [1.165, 1.54) is 13.2 Å². The second-order valence-electron chi connectivity index (χ2n) is 3.36. The Hall–Kier alpha value is -0.840. The Bertz CT molecular complexity index is 324. The van der Waals surface area contributed by atoms with Crippen LogP contribution >= 0.6 is 10.6 Å². The Morgan fingerprint density at radius 3 is 2.14 bits per heavy atom. The Kier molecular flexibility index (Phi) is 3.31. The number of Topliss-reactive ketones (excluding diaryl/α,β-unsaturated/α-hetero) is 1. The van der Waals surface area contributed by atoms with E-state index in [2.05, 4.69) is 0 Å². The minimum Gasteiger partial charge on any atom is -0.300 e. The lowest BCUT2D eigenvalue weighted by Gasteiger charge is -2.26. The average molecular weight is 214 g/mol. The van der Waals surface area contributed by atoms with Gasteiger partial charge in [0.15, 0.2) is 0 Å². The molecule has 0 heterocycles. The van der Waals surface area contributed by atoms with Crippen molar-refractivity contribution in [3.8, 4) is 0 Å². The van der Waals surface area contributed by atoms with Crippen LogP contribution in [0.4, 0.5) is 0 Å². The van der Waals surface area contributed by atoms with Crippen LogP contribution in [0.3, 0.4) is 0 Å². The molecule has 14 heavy (non-hydrogen) atoms. The fourth-order valence-corrected chi connectivity index (χ4v) is 1.80. The lowest BCUT2D eigenvalue weighted by atomic mass is 10.1. The van der Waals surface area contributed by atoms with E-state index < -0.39 is 10.6 Å². The highest BCUT2D eigenvalue weighted by atomic mass is 32.3. The van der Waals surface area contributed by atoms with Gasteiger partial charge in [0.05, 0.1) is 4.90 Å². The highest BCUT2D eigenvalue weighted by Crippen LogP contribution is 2.43. The first-order valence-electron chi connectivity index (χ1n) is 4.21. The number of hydrogen-bond acceptors (Lipinski definition) is 3. The molecular formula is C10H14O3S. The normalized spacial score (nSPS) is 12.6. The lowest BCUT2D eigenvalue weighted by molar-refractivity contribution is -0.116. The van der Waals surface area contributed by atoms with E-state index in [0.717, 1.165) is 5.56 Å². The molecule has 0 aliphatic carbocycles. The van der Waals surface area contributed by atoms with Crippen molar-refractivity contribution >= 4 is 16.4 Å². The Morgan fingerprint density at radius 2 is 1.79 bits per heavy atom. The molecule has 0 amide bonds. The van der Waals surface area contributed by atoms with E-state index in [9.17, 15) is 13.9 Å². The van der Waals surface area contributed by atoms with E-state index in [1.54, 1.807) is 24.3 Å². The number of hydrogen-bond donors (Lipinski definition) is 2. The summed E-state index contributed by atoms with van der Waals surface area (Å²) in [5.74, 6) is 0.0980. The maximum atomic E-state index is 10.8. The first kappa shape index (κ1) is 11.2. The largest absolute Gasteiger partial charge is 0.300 e. The van der Waals surface area contributed by atoms with Gasteiger partial charge in [0.1, 0.15) is 5.78 Å². The molecule has 0 saturated carbocycles. The SMILES string of the molecule is CC(=O)Cc1ccc(S(C)(O)O)cc1. The van der Waals surface area contributed by atoms with Gasteiger partial charge in [0, 0.05) is 12.7 Å². The standard InChI is InChI=1S/C10H14O3S/c1-8(11)7-9-3-5-10(6-4-9)14(2,12)13/h3-6,12-13H,7H2,1-2H3. The Labute approximate surface area is 85.1 Å². The van der Waals surface area contributed by atoms with Crippen molar-refractivity contribution in [3.63, 3.8) is 0 Å². The zero-order valence-electron chi connectivity index (χ0n) is 8.23. The Morgan fingerprint density at radius 1 is 1.29 bits per heavy atom. The van der Waals surface area contributed by atoms with Crippen molar-refractivity contribution in [2.45, 2.75) is 18.2 Å². The van der Waals surface area contributed by atoms with Gasteiger partial charge < -0.3 is 0 Å². The monoisotopic (exact) mass is 214 g/mol. The van der Waals surface area contributed by atoms with Crippen LogP contribution in [-0.4, -0.2) is 21.1 Å². The van der Waals surface area contributed by atoms with Crippen LogP contribution in [0.5, 0.6) is 0 Å². The second-order valence-corrected chi connectivity index (χ2v) is 5.49. The molecule has 0 radical (unpaired) electrons. The number of benzene rings is 1. The van der Waals surface area contributed by atoms with Gasteiger partial charge in [0.2, 0.25) is 0 Å². The molecule has 0 aromatic heterocycles. The summed E-state index contributed by atoms with van der Waals surface area (Å²) in [5.41, 5.74) is 0.893. The van der Waals surface area contributed by atoms with E-state index in [-0.39, 0.29) is 5.78 Å². The van der Waals surface area contributed by atoms with E-state index in [1.807, 2.05) is 0 Å². The van der Waals surface area contributed by atoms with Crippen LogP contribution in [0, 0.1) is 0 Å². The lowest BCUT2D eigenvalue weighted by Crippen LogP contribution is -1.98. The van der Waals surface area contributed by atoms with Gasteiger partial charge in [-0.3, -0.25) is 13.9 Å². The third-order valence-electron chi connectivity index (χ3n) is 1.82. The minimum atomic E-state index is -2.63. The minimum absolute atomic E-state index is 0.0980. The van der Waals surface area contributed by atoms with Crippen LogP contribution in [0.2, 0.25) is 0 Å². The molecule has 0 bridgehead atoms. The molecule has 0 aliphatic rings. The fraction of sp³-hybridized carbons (Fsp3) is 0.300. The molecule has 78 valence electrons. The smallest absolute Gasteiger partial charge is 0.134 e. The summed E-state index contributed by atoms with van der Waals surface area (Å²) in [4.78, 5) is 11.3. The highest BCUT2D eigenvalue weighted by Gasteiger charge is 2.07. The molecule has 1 aromatic carbocycles. The summed E-state index contributed by atoms with van der Waals surface area (Å²) in [7, 11) is -2.63. The van der Waals surface area contributed by atoms with Gasteiger partial charge in [-0.05, 0) is 24.6 Å². The molecule has 4 heteroatoms. The summed E-state index contributed by atoms with van der Waals surface area (Å²) < 4.78 is 18.7. The first-order chi connectivity index (χ1) is 6.39. The predicted molar refractivity (Wildman–Crippen MR) is 57.9 cm³/mol. The third kappa shape index (κ3) is 3.14. The van der Waals surface area contributed by atoms with Crippen molar-refractivity contribution in [1.29, 1.82) is 0 Å². The molecule has 3 nitrogen and oxygen atoms in total. The molecule has 1 aromatic rings. The number of carbonyl (C=O) groups excluding carboxylic acids is 1. The van der Waals surface area contributed by atoms with Crippen LogP contribution < -0.4 is 0 Å². The third-order valence-corrected chi connectivity index (χ3v) is 2.99. The second kappa shape index (κ2) is 4.13. The molecule has 2 N–H and O–H groups in total. The topological polar surface area (TPSA) is 57.5 Å². The summed E-state index contributed by atoms with van der Waals surface area (Å²) in [6.07, 6.45) is 1.77. The summed E-state index contributed by atoms with van der Waals surface area (Å²) >= 11 is 0. The van der Waals surface area contributed by atoms with Crippen molar-refractivity contribution in [2.75, 3.05) is 6.26 Å². The maximum Gasteiger partial charge on any atom is 0.134 e. The quantitative estimate of drug-likeness (QED) is 0.813.